The molecule has 118 valence electrons. The maximum absolute atomic E-state index is 12.3. The van der Waals surface area contributed by atoms with E-state index in [1.54, 1.807) is 12.1 Å². The van der Waals surface area contributed by atoms with Crippen LogP contribution in [-0.4, -0.2) is 21.0 Å². The van der Waals surface area contributed by atoms with Gasteiger partial charge < -0.3 is 9.84 Å². The van der Waals surface area contributed by atoms with Crippen LogP contribution in [0.1, 0.15) is 38.8 Å². The Balaban J connectivity index is 1.82. The van der Waals surface area contributed by atoms with E-state index in [-0.39, 0.29) is 5.91 Å². The Morgan fingerprint density at radius 2 is 1.74 bits per heavy atom. The van der Waals surface area contributed by atoms with E-state index in [0.717, 1.165) is 39.4 Å². The Kier molecular flexibility index (Phi) is 3.82. The monoisotopic (exact) mass is 310 g/mol. The quantitative estimate of drug-likeness (QED) is 0.804. The SMILES string of the molecule is Cc1nc2ccc(C(=O)NCc3c(C)noc3C)cc2nc1C. The summed E-state index contributed by atoms with van der Waals surface area (Å²) in [4.78, 5) is 21.3. The standard InChI is InChI=1S/C17H18N4O2/c1-9-10(2)20-16-7-13(5-6-15(16)19-9)17(22)18-8-14-11(3)21-23-12(14)4/h5-7H,8H2,1-4H3,(H,18,22). The first-order valence-electron chi connectivity index (χ1n) is 7.40. The summed E-state index contributed by atoms with van der Waals surface area (Å²) in [6.07, 6.45) is 0. The molecule has 0 unspecified atom stereocenters. The van der Waals surface area contributed by atoms with Crippen molar-refractivity contribution in [1.82, 2.24) is 20.4 Å². The summed E-state index contributed by atoms with van der Waals surface area (Å²) in [6.45, 7) is 7.90. The number of aryl methyl sites for hydroxylation is 4. The first-order chi connectivity index (χ1) is 11.0. The first kappa shape index (κ1) is 15.1. The second-order valence-corrected chi connectivity index (χ2v) is 5.58. The van der Waals surface area contributed by atoms with Gasteiger partial charge in [0.15, 0.2) is 0 Å². The molecule has 3 aromatic rings. The van der Waals surface area contributed by atoms with E-state index >= 15 is 0 Å². The zero-order valence-corrected chi connectivity index (χ0v) is 13.6. The molecule has 0 saturated carbocycles. The predicted molar refractivity (Wildman–Crippen MR) is 86.2 cm³/mol. The number of nitrogens with zero attached hydrogens (tertiary/aromatic N) is 3. The number of hydrogen-bond acceptors (Lipinski definition) is 5. The number of rotatable bonds is 3. The van der Waals surface area contributed by atoms with Gasteiger partial charge in [-0.15, -0.1) is 0 Å². The van der Waals surface area contributed by atoms with Crippen molar-refractivity contribution < 1.29 is 9.32 Å². The van der Waals surface area contributed by atoms with E-state index in [0.29, 0.717) is 12.1 Å². The van der Waals surface area contributed by atoms with Crippen LogP contribution in [0.2, 0.25) is 0 Å². The van der Waals surface area contributed by atoms with E-state index in [4.69, 9.17) is 4.52 Å². The molecule has 6 heteroatoms. The fraction of sp³-hybridized carbons (Fsp3) is 0.294. The lowest BCUT2D eigenvalue weighted by Gasteiger charge is -2.07. The zero-order chi connectivity index (χ0) is 16.6. The number of benzene rings is 1. The highest BCUT2D eigenvalue weighted by molar-refractivity contribution is 5.97. The van der Waals surface area contributed by atoms with Gasteiger partial charge in [-0.05, 0) is 45.9 Å². The number of amides is 1. The number of carbonyl (C=O) groups is 1. The lowest BCUT2D eigenvalue weighted by Crippen LogP contribution is -2.23. The Morgan fingerprint density at radius 1 is 1.04 bits per heavy atom. The van der Waals surface area contributed by atoms with Gasteiger partial charge in [0, 0.05) is 17.7 Å². The molecule has 0 saturated heterocycles. The van der Waals surface area contributed by atoms with Gasteiger partial charge in [0.25, 0.3) is 5.91 Å². The average Bonchev–Trinajstić information content (AvgIpc) is 2.84. The molecule has 0 bridgehead atoms. The highest BCUT2D eigenvalue weighted by Gasteiger charge is 2.12. The van der Waals surface area contributed by atoms with Crippen molar-refractivity contribution in [3.8, 4) is 0 Å². The molecule has 1 amide bonds. The minimum absolute atomic E-state index is 0.160. The molecule has 0 aliphatic heterocycles. The van der Waals surface area contributed by atoms with E-state index < -0.39 is 0 Å². The maximum atomic E-state index is 12.3. The van der Waals surface area contributed by atoms with Crippen LogP contribution in [0.15, 0.2) is 22.7 Å². The fourth-order valence-electron chi connectivity index (χ4n) is 2.40. The molecule has 2 heterocycles. The smallest absolute Gasteiger partial charge is 0.251 e. The van der Waals surface area contributed by atoms with E-state index in [9.17, 15) is 4.79 Å². The molecular formula is C17H18N4O2. The van der Waals surface area contributed by atoms with Crippen LogP contribution < -0.4 is 5.32 Å². The van der Waals surface area contributed by atoms with Crippen molar-refractivity contribution in [2.75, 3.05) is 0 Å². The molecule has 0 fully saturated rings. The third kappa shape index (κ3) is 2.92. The summed E-state index contributed by atoms with van der Waals surface area (Å²) in [6, 6.07) is 5.34. The summed E-state index contributed by atoms with van der Waals surface area (Å²) in [7, 11) is 0. The number of hydrogen-bond donors (Lipinski definition) is 1. The molecule has 6 nitrogen and oxygen atoms in total. The summed E-state index contributed by atoms with van der Waals surface area (Å²) in [5.41, 5.74) is 5.53. The molecule has 1 aromatic carbocycles. The molecule has 0 spiro atoms. The van der Waals surface area contributed by atoms with E-state index in [1.807, 2.05) is 33.8 Å². The van der Waals surface area contributed by atoms with Gasteiger partial charge in [0.1, 0.15) is 5.76 Å². The van der Waals surface area contributed by atoms with Crippen molar-refractivity contribution in [2.45, 2.75) is 34.2 Å². The number of aromatic nitrogens is 3. The Labute approximate surface area is 133 Å². The lowest BCUT2D eigenvalue weighted by atomic mass is 10.1. The Hall–Kier alpha value is -2.76. The minimum atomic E-state index is -0.160. The van der Waals surface area contributed by atoms with Crippen LogP contribution in [0, 0.1) is 27.7 Å². The Morgan fingerprint density at radius 3 is 2.39 bits per heavy atom. The average molecular weight is 310 g/mol. The predicted octanol–water partition coefficient (Wildman–Crippen LogP) is 2.78. The second kappa shape index (κ2) is 5.79. The third-order valence-electron chi connectivity index (χ3n) is 3.94. The normalized spacial score (nSPS) is 11.0. The minimum Gasteiger partial charge on any atom is -0.361 e. The molecule has 0 aliphatic rings. The molecule has 0 aliphatic carbocycles. The largest absolute Gasteiger partial charge is 0.361 e. The van der Waals surface area contributed by atoms with Crippen molar-refractivity contribution >= 4 is 16.9 Å². The van der Waals surface area contributed by atoms with Crippen LogP contribution in [0.25, 0.3) is 11.0 Å². The summed E-state index contributed by atoms with van der Waals surface area (Å²) < 4.78 is 5.10. The molecule has 0 radical (unpaired) electrons. The molecule has 23 heavy (non-hydrogen) atoms. The zero-order valence-electron chi connectivity index (χ0n) is 13.6. The molecule has 0 atom stereocenters. The topological polar surface area (TPSA) is 80.9 Å². The molecular weight excluding hydrogens is 292 g/mol. The maximum Gasteiger partial charge on any atom is 0.251 e. The number of carbonyl (C=O) groups excluding carboxylic acids is 1. The van der Waals surface area contributed by atoms with Gasteiger partial charge in [0.2, 0.25) is 0 Å². The molecule has 3 rings (SSSR count). The van der Waals surface area contributed by atoms with Crippen molar-refractivity contribution in [3.05, 3.63) is 52.2 Å². The molecule has 1 N–H and O–H groups in total. The Bertz CT molecular complexity index is 879. The number of fused-ring (bicyclic) bond motifs is 1. The van der Waals surface area contributed by atoms with Crippen molar-refractivity contribution in [1.29, 1.82) is 0 Å². The van der Waals surface area contributed by atoms with Crippen molar-refractivity contribution in [2.24, 2.45) is 0 Å². The van der Waals surface area contributed by atoms with Gasteiger partial charge in [0.05, 0.1) is 28.1 Å². The van der Waals surface area contributed by atoms with E-state index in [1.165, 1.54) is 0 Å². The van der Waals surface area contributed by atoms with Crippen LogP contribution >= 0.6 is 0 Å². The van der Waals surface area contributed by atoms with Crippen molar-refractivity contribution in [3.63, 3.8) is 0 Å². The fourth-order valence-corrected chi connectivity index (χ4v) is 2.40. The van der Waals surface area contributed by atoms with Gasteiger partial charge in [-0.1, -0.05) is 5.16 Å². The number of nitrogens with one attached hydrogen (secondary N) is 1. The van der Waals surface area contributed by atoms with Crippen LogP contribution in [0.4, 0.5) is 0 Å². The molecule has 2 aromatic heterocycles. The highest BCUT2D eigenvalue weighted by Crippen LogP contribution is 2.15. The van der Waals surface area contributed by atoms with Crippen LogP contribution in [0.5, 0.6) is 0 Å². The summed E-state index contributed by atoms with van der Waals surface area (Å²) in [5.74, 6) is 0.560. The van der Waals surface area contributed by atoms with E-state index in [2.05, 4.69) is 20.4 Å². The van der Waals surface area contributed by atoms with Gasteiger partial charge in [-0.3, -0.25) is 4.79 Å². The highest BCUT2D eigenvalue weighted by atomic mass is 16.5. The summed E-state index contributed by atoms with van der Waals surface area (Å²) >= 11 is 0. The lowest BCUT2D eigenvalue weighted by molar-refractivity contribution is 0.0951. The van der Waals surface area contributed by atoms with Crippen LogP contribution in [-0.2, 0) is 6.54 Å². The van der Waals surface area contributed by atoms with Gasteiger partial charge in [-0.2, -0.15) is 0 Å². The summed E-state index contributed by atoms with van der Waals surface area (Å²) in [5, 5.41) is 6.77. The second-order valence-electron chi connectivity index (χ2n) is 5.58. The van der Waals surface area contributed by atoms with Gasteiger partial charge in [-0.25, -0.2) is 9.97 Å². The first-order valence-corrected chi connectivity index (χ1v) is 7.40. The van der Waals surface area contributed by atoms with Crippen LogP contribution in [0.3, 0.4) is 0 Å². The van der Waals surface area contributed by atoms with Gasteiger partial charge >= 0.3 is 0 Å². The third-order valence-corrected chi connectivity index (χ3v) is 3.94.